The van der Waals surface area contributed by atoms with Crippen LogP contribution in [-0.2, 0) is 4.79 Å². The number of aryl methyl sites for hydroxylation is 2. The number of fused-ring (bicyclic) bond motifs is 1. The number of nitrogens with zero attached hydrogens (tertiary/aromatic N) is 2. The third kappa shape index (κ3) is 2.48. The van der Waals surface area contributed by atoms with Gasteiger partial charge in [-0.3, -0.25) is 14.3 Å². The first kappa shape index (κ1) is 15.5. The molecule has 1 aliphatic rings. The van der Waals surface area contributed by atoms with Crippen LogP contribution in [0, 0.1) is 20.8 Å². The van der Waals surface area contributed by atoms with Crippen molar-refractivity contribution in [3.63, 3.8) is 0 Å². The highest BCUT2D eigenvalue weighted by Crippen LogP contribution is 2.39. The van der Waals surface area contributed by atoms with E-state index in [4.69, 9.17) is 4.74 Å². The lowest BCUT2D eigenvalue weighted by Gasteiger charge is -2.24. The molecule has 0 saturated carbocycles. The normalized spacial score (nSPS) is 17.3. The molecule has 0 aliphatic carbocycles. The summed E-state index contributed by atoms with van der Waals surface area (Å²) in [5.74, 6) is -0.268. The van der Waals surface area contributed by atoms with Gasteiger partial charge < -0.3 is 9.72 Å². The summed E-state index contributed by atoms with van der Waals surface area (Å²) in [4.78, 5) is 27.3. The quantitative estimate of drug-likeness (QED) is 0.864. The third-order valence-electron chi connectivity index (χ3n) is 4.33. The van der Waals surface area contributed by atoms with Crippen molar-refractivity contribution in [3.05, 3.63) is 44.6 Å². The first-order valence-electron chi connectivity index (χ1n) is 7.79. The zero-order valence-corrected chi connectivity index (χ0v) is 14.1. The van der Waals surface area contributed by atoms with Gasteiger partial charge in [0.25, 0.3) is 5.56 Å². The zero-order valence-electron chi connectivity index (χ0n) is 14.1. The summed E-state index contributed by atoms with van der Waals surface area (Å²) in [6.07, 6.45) is 0.157. The van der Waals surface area contributed by atoms with E-state index in [9.17, 15) is 9.59 Å². The fraction of sp³-hybridized carbons (Fsp3) is 0.471. The summed E-state index contributed by atoms with van der Waals surface area (Å²) in [7, 11) is 0. The van der Waals surface area contributed by atoms with Crippen molar-refractivity contribution >= 4 is 5.97 Å². The Morgan fingerprint density at radius 1 is 1.26 bits per heavy atom. The first-order chi connectivity index (χ1) is 10.8. The Labute approximate surface area is 134 Å². The van der Waals surface area contributed by atoms with Crippen LogP contribution >= 0.6 is 0 Å². The highest BCUT2D eigenvalue weighted by Gasteiger charge is 2.34. The van der Waals surface area contributed by atoms with E-state index in [1.165, 1.54) is 0 Å². The molecule has 0 amide bonds. The van der Waals surface area contributed by atoms with Gasteiger partial charge in [0.05, 0.1) is 17.7 Å². The molecule has 3 heterocycles. The van der Waals surface area contributed by atoms with Crippen LogP contribution in [-0.4, -0.2) is 20.7 Å². The van der Waals surface area contributed by atoms with Crippen molar-refractivity contribution in [2.45, 2.75) is 53.0 Å². The minimum Gasteiger partial charge on any atom is -0.426 e. The van der Waals surface area contributed by atoms with Crippen LogP contribution in [0.3, 0.4) is 0 Å². The molecule has 6 nitrogen and oxygen atoms in total. The lowest BCUT2D eigenvalue weighted by atomic mass is 9.85. The fourth-order valence-corrected chi connectivity index (χ4v) is 3.45. The Balaban J connectivity index is 2.24. The van der Waals surface area contributed by atoms with Crippen molar-refractivity contribution in [1.82, 2.24) is 14.8 Å². The second-order valence-corrected chi connectivity index (χ2v) is 6.41. The van der Waals surface area contributed by atoms with Crippen LogP contribution in [0.5, 0.6) is 5.75 Å². The van der Waals surface area contributed by atoms with E-state index < -0.39 is 0 Å². The Hall–Kier alpha value is -2.37. The number of H-pyrrole nitrogens is 1. The van der Waals surface area contributed by atoms with Gasteiger partial charge in [-0.25, -0.2) is 0 Å². The van der Waals surface area contributed by atoms with E-state index in [0.29, 0.717) is 17.0 Å². The Morgan fingerprint density at radius 3 is 2.57 bits per heavy atom. The van der Waals surface area contributed by atoms with Crippen LogP contribution in [0.15, 0.2) is 10.9 Å². The van der Waals surface area contributed by atoms with Gasteiger partial charge in [0.15, 0.2) is 0 Å². The molecule has 23 heavy (non-hydrogen) atoms. The van der Waals surface area contributed by atoms with Crippen LogP contribution in [0.4, 0.5) is 0 Å². The number of carbonyl (C=O) groups excluding carboxylic acids is 1. The van der Waals surface area contributed by atoms with Gasteiger partial charge in [0.1, 0.15) is 5.75 Å². The molecule has 1 N–H and O–H groups in total. The van der Waals surface area contributed by atoms with Crippen LogP contribution < -0.4 is 10.3 Å². The average Bonchev–Trinajstić information content (AvgIpc) is 2.72. The van der Waals surface area contributed by atoms with E-state index in [2.05, 4.69) is 23.9 Å². The van der Waals surface area contributed by atoms with Crippen molar-refractivity contribution in [2.75, 3.05) is 0 Å². The Morgan fingerprint density at radius 2 is 1.96 bits per heavy atom. The molecule has 0 aromatic carbocycles. The van der Waals surface area contributed by atoms with Crippen LogP contribution in [0.2, 0.25) is 0 Å². The molecule has 0 unspecified atom stereocenters. The highest BCUT2D eigenvalue weighted by atomic mass is 16.5. The molecule has 0 bridgehead atoms. The number of rotatable bonds is 2. The van der Waals surface area contributed by atoms with Gasteiger partial charge in [-0.05, 0) is 34.6 Å². The molecule has 1 aliphatic heterocycles. The summed E-state index contributed by atoms with van der Waals surface area (Å²) in [5.41, 5.74) is 3.78. The number of pyridine rings is 1. The van der Waals surface area contributed by atoms with Crippen molar-refractivity contribution in [3.8, 4) is 5.75 Å². The Bertz CT molecular complexity index is 845. The average molecular weight is 315 g/mol. The summed E-state index contributed by atoms with van der Waals surface area (Å²) in [6, 6.07) is 1.92. The Kier molecular flexibility index (Phi) is 3.62. The SMILES string of the molecule is Cc1cc2c(c(=O)[nH]1)[C@H](c1c(C)nn(C(C)C)c1C)CC(=O)O2. The maximum atomic E-state index is 12.5. The predicted molar refractivity (Wildman–Crippen MR) is 86.0 cm³/mol. The van der Waals surface area contributed by atoms with Crippen molar-refractivity contribution in [1.29, 1.82) is 0 Å². The predicted octanol–water partition coefficient (Wildman–Crippen LogP) is 2.52. The van der Waals surface area contributed by atoms with Gasteiger partial charge in [-0.2, -0.15) is 5.10 Å². The molecule has 1 atom stereocenters. The van der Waals surface area contributed by atoms with E-state index in [1.54, 1.807) is 13.0 Å². The molecule has 0 spiro atoms. The van der Waals surface area contributed by atoms with Gasteiger partial charge in [-0.1, -0.05) is 0 Å². The largest absolute Gasteiger partial charge is 0.426 e. The number of hydrogen-bond acceptors (Lipinski definition) is 4. The molecule has 122 valence electrons. The third-order valence-corrected chi connectivity index (χ3v) is 4.33. The van der Waals surface area contributed by atoms with E-state index in [1.807, 2.05) is 18.5 Å². The molecule has 0 radical (unpaired) electrons. The molecule has 6 heteroatoms. The molecule has 2 aromatic heterocycles. The molecule has 0 saturated heterocycles. The molecule has 0 fully saturated rings. The second-order valence-electron chi connectivity index (χ2n) is 6.41. The minimum absolute atomic E-state index is 0.157. The lowest BCUT2D eigenvalue weighted by molar-refractivity contribution is -0.135. The van der Waals surface area contributed by atoms with Crippen LogP contribution in [0.25, 0.3) is 0 Å². The van der Waals surface area contributed by atoms with Gasteiger partial charge in [0, 0.05) is 35.0 Å². The summed E-state index contributed by atoms with van der Waals surface area (Å²) in [6.45, 7) is 9.79. The van der Waals surface area contributed by atoms with Gasteiger partial charge >= 0.3 is 5.97 Å². The van der Waals surface area contributed by atoms with Gasteiger partial charge in [-0.15, -0.1) is 0 Å². The summed E-state index contributed by atoms with van der Waals surface area (Å²) in [5, 5.41) is 4.58. The number of aromatic nitrogens is 3. The number of hydrogen-bond donors (Lipinski definition) is 1. The standard InChI is InChI=1S/C17H21N3O3/c1-8(2)20-11(5)15(10(4)19-20)12-7-14(21)23-13-6-9(3)18-17(22)16(12)13/h6,8,12H,7H2,1-5H3,(H,18,22)/t12-/m0/s1. The maximum Gasteiger partial charge on any atom is 0.312 e. The zero-order chi connectivity index (χ0) is 16.9. The van der Waals surface area contributed by atoms with Crippen molar-refractivity contribution in [2.24, 2.45) is 0 Å². The van der Waals surface area contributed by atoms with Crippen LogP contribution in [0.1, 0.15) is 60.4 Å². The minimum atomic E-state index is -0.317. The van der Waals surface area contributed by atoms with Crippen molar-refractivity contribution < 1.29 is 9.53 Å². The molecular weight excluding hydrogens is 294 g/mol. The number of aromatic amines is 1. The number of carbonyl (C=O) groups is 1. The summed E-state index contributed by atoms with van der Waals surface area (Å²) < 4.78 is 7.23. The number of nitrogens with one attached hydrogen (secondary N) is 1. The first-order valence-corrected chi connectivity index (χ1v) is 7.79. The number of esters is 1. The number of ether oxygens (including phenoxy) is 1. The van der Waals surface area contributed by atoms with E-state index in [-0.39, 0.29) is 29.9 Å². The lowest BCUT2D eigenvalue weighted by Crippen LogP contribution is -2.29. The fourth-order valence-electron chi connectivity index (χ4n) is 3.45. The molecular formula is C17H21N3O3. The maximum absolute atomic E-state index is 12.5. The summed E-state index contributed by atoms with van der Waals surface area (Å²) >= 11 is 0. The molecule has 2 aromatic rings. The second kappa shape index (κ2) is 5.37. The molecule has 3 rings (SSSR count). The monoisotopic (exact) mass is 315 g/mol. The smallest absolute Gasteiger partial charge is 0.312 e. The van der Waals surface area contributed by atoms with E-state index in [0.717, 1.165) is 17.0 Å². The highest BCUT2D eigenvalue weighted by molar-refractivity contribution is 5.77. The van der Waals surface area contributed by atoms with Gasteiger partial charge in [0.2, 0.25) is 0 Å². The van der Waals surface area contributed by atoms with E-state index >= 15 is 0 Å². The topological polar surface area (TPSA) is 77.0 Å².